The fourth-order valence-electron chi connectivity index (χ4n) is 2.39. The van der Waals surface area contributed by atoms with Crippen molar-refractivity contribution in [3.05, 3.63) is 90.6 Å². The van der Waals surface area contributed by atoms with Gasteiger partial charge in [-0.25, -0.2) is 0 Å². The zero-order valence-corrected chi connectivity index (χ0v) is 15.3. The molecule has 4 nitrogen and oxygen atoms in total. The van der Waals surface area contributed by atoms with Crippen LogP contribution in [0.3, 0.4) is 0 Å². The number of carbonyl (C=O) groups is 1. The molecule has 1 saturated heterocycles. The molecule has 2 rings (SSSR count). The molecule has 1 amide bonds. The Kier molecular flexibility index (Phi) is 9.16. The maximum atomic E-state index is 12.2. The lowest BCUT2D eigenvalue weighted by atomic mass is 10.1. The molecule has 0 spiro atoms. The number of anilines is 1. The van der Waals surface area contributed by atoms with Gasteiger partial charge in [0.2, 0.25) is 5.91 Å². The van der Waals surface area contributed by atoms with Gasteiger partial charge in [0, 0.05) is 26.5 Å². The van der Waals surface area contributed by atoms with Crippen LogP contribution in [0.1, 0.15) is 12.0 Å². The van der Waals surface area contributed by atoms with Crippen LogP contribution in [0.25, 0.3) is 0 Å². The molecule has 0 bridgehead atoms. The summed E-state index contributed by atoms with van der Waals surface area (Å²) in [6.45, 7) is 7.92. The number of amides is 1. The van der Waals surface area contributed by atoms with E-state index in [1.54, 1.807) is 55.5 Å². The van der Waals surface area contributed by atoms with Crippen LogP contribution >= 0.6 is 0 Å². The van der Waals surface area contributed by atoms with Gasteiger partial charge in [0.1, 0.15) is 0 Å². The molecule has 4 heteroatoms. The van der Waals surface area contributed by atoms with Crippen LogP contribution in [0.15, 0.2) is 85.0 Å². The summed E-state index contributed by atoms with van der Waals surface area (Å²) in [5.41, 5.74) is 3.42. The largest absolute Gasteiger partial charge is 0.388 e. The van der Waals surface area contributed by atoms with Crippen LogP contribution in [0.2, 0.25) is 0 Å². The third-order valence-electron chi connectivity index (χ3n) is 3.45. The molecular formula is C22H24N2O2. The quantitative estimate of drug-likeness (QED) is 0.744. The van der Waals surface area contributed by atoms with E-state index in [-0.39, 0.29) is 5.91 Å². The average molecular weight is 348 g/mol. The summed E-state index contributed by atoms with van der Waals surface area (Å²) in [4.78, 5) is 14.0. The predicted octanol–water partition coefficient (Wildman–Crippen LogP) is 4.34. The standard InChI is InChI=1S/C20H18N2O.C2H6O/c1-3-5-7-16(6-4-2)12-18-13-20(23)22(15-18)19-10-8-17(14-21)9-11-19;1-3-2/h3-12H,1-2,13,15H2;1-2H3/b7-5-,16-6+,18-12+;. The first kappa shape index (κ1) is 20.9. The van der Waals surface area contributed by atoms with E-state index >= 15 is 0 Å². The first-order valence-electron chi connectivity index (χ1n) is 8.11. The maximum Gasteiger partial charge on any atom is 0.231 e. The SMILES string of the molecule is C=C\C=C/C(=C\C=C)/C=C1\CC(=O)N(c2ccc(C#N)cc2)C1.COC. The van der Waals surface area contributed by atoms with Gasteiger partial charge in [-0.15, -0.1) is 0 Å². The van der Waals surface area contributed by atoms with Gasteiger partial charge < -0.3 is 9.64 Å². The Hall–Kier alpha value is -3.16. The highest BCUT2D eigenvalue weighted by atomic mass is 16.4. The molecule has 0 aromatic heterocycles. The van der Waals surface area contributed by atoms with E-state index in [0.717, 1.165) is 16.8 Å². The lowest BCUT2D eigenvalue weighted by Gasteiger charge is -2.15. The lowest BCUT2D eigenvalue weighted by molar-refractivity contribution is -0.116. The zero-order chi connectivity index (χ0) is 19.4. The predicted molar refractivity (Wildman–Crippen MR) is 107 cm³/mol. The van der Waals surface area contributed by atoms with Gasteiger partial charge in [-0.2, -0.15) is 5.26 Å². The maximum absolute atomic E-state index is 12.2. The van der Waals surface area contributed by atoms with Gasteiger partial charge in [0.25, 0.3) is 0 Å². The fourth-order valence-corrected chi connectivity index (χ4v) is 2.39. The number of benzene rings is 1. The minimum atomic E-state index is 0.0617. The molecule has 1 fully saturated rings. The van der Waals surface area contributed by atoms with Crippen molar-refractivity contribution in [2.24, 2.45) is 0 Å². The molecule has 26 heavy (non-hydrogen) atoms. The topological polar surface area (TPSA) is 53.3 Å². The number of rotatable bonds is 5. The summed E-state index contributed by atoms with van der Waals surface area (Å²) in [6, 6.07) is 9.13. The van der Waals surface area contributed by atoms with E-state index in [1.807, 2.05) is 24.3 Å². The second-order valence-electron chi connectivity index (χ2n) is 5.52. The summed E-state index contributed by atoms with van der Waals surface area (Å²) >= 11 is 0. The van der Waals surface area contributed by atoms with Crippen molar-refractivity contribution >= 4 is 11.6 Å². The van der Waals surface area contributed by atoms with Crippen LogP contribution < -0.4 is 4.90 Å². The Balaban J connectivity index is 0.00000105. The van der Waals surface area contributed by atoms with Crippen LogP contribution in [0.5, 0.6) is 0 Å². The Morgan fingerprint density at radius 2 is 1.88 bits per heavy atom. The molecule has 1 aliphatic rings. The summed E-state index contributed by atoms with van der Waals surface area (Å²) in [6.07, 6.45) is 11.5. The summed E-state index contributed by atoms with van der Waals surface area (Å²) in [7, 11) is 3.25. The average Bonchev–Trinajstić information content (AvgIpc) is 3.01. The van der Waals surface area contributed by atoms with Gasteiger partial charge in [-0.05, 0) is 35.4 Å². The van der Waals surface area contributed by atoms with E-state index in [9.17, 15) is 4.79 Å². The van der Waals surface area contributed by atoms with E-state index in [4.69, 9.17) is 5.26 Å². The minimum Gasteiger partial charge on any atom is -0.388 e. The van der Waals surface area contributed by atoms with Crippen molar-refractivity contribution < 1.29 is 9.53 Å². The summed E-state index contributed by atoms with van der Waals surface area (Å²) in [5.74, 6) is 0.0617. The Bertz CT molecular complexity index is 762. The van der Waals surface area contributed by atoms with Gasteiger partial charge in [0.05, 0.1) is 18.1 Å². The van der Waals surface area contributed by atoms with Crippen molar-refractivity contribution in [2.75, 3.05) is 25.7 Å². The van der Waals surface area contributed by atoms with Gasteiger partial charge in [-0.3, -0.25) is 4.79 Å². The molecule has 0 aliphatic carbocycles. The Morgan fingerprint density at radius 3 is 2.42 bits per heavy atom. The number of allylic oxidation sites excluding steroid dienone is 7. The highest BCUT2D eigenvalue weighted by Gasteiger charge is 2.25. The number of nitrogens with zero attached hydrogens (tertiary/aromatic N) is 2. The zero-order valence-electron chi connectivity index (χ0n) is 15.3. The molecule has 0 saturated carbocycles. The highest BCUT2D eigenvalue weighted by Crippen LogP contribution is 2.25. The summed E-state index contributed by atoms with van der Waals surface area (Å²) in [5, 5.41) is 8.84. The van der Waals surface area contributed by atoms with Crippen molar-refractivity contribution in [3.8, 4) is 6.07 Å². The smallest absolute Gasteiger partial charge is 0.231 e. The molecule has 134 valence electrons. The molecule has 0 unspecified atom stereocenters. The number of hydrogen-bond acceptors (Lipinski definition) is 3. The second-order valence-corrected chi connectivity index (χ2v) is 5.52. The molecular weight excluding hydrogens is 324 g/mol. The fraction of sp³-hybridized carbons (Fsp3) is 0.182. The van der Waals surface area contributed by atoms with E-state index < -0.39 is 0 Å². The van der Waals surface area contributed by atoms with Crippen molar-refractivity contribution in [1.82, 2.24) is 0 Å². The van der Waals surface area contributed by atoms with Crippen molar-refractivity contribution in [3.63, 3.8) is 0 Å². The number of ether oxygens (including phenoxy) is 1. The Morgan fingerprint density at radius 1 is 1.23 bits per heavy atom. The van der Waals surface area contributed by atoms with Crippen molar-refractivity contribution in [1.29, 1.82) is 5.26 Å². The van der Waals surface area contributed by atoms with Gasteiger partial charge >= 0.3 is 0 Å². The van der Waals surface area contributed by atoms with Gasteiger partial charge in [-0.1, -0.05) is 49.6 Å². The first-order chi connectivity index (χ1) is 12.6. The highest BCUT2D eigenvalue weighted by molar-refractivity contribution is 5.98. The van der Waals surface area contributed by atoms with Crippen LogP contribution in [0, 0.1) is 11.3 Å². The van der Waals surface area contributed by atoms with Crippen molar-refractivity contribution in [2.45, 2.75) is 6.42 Å². The second kappa shape index (κ2) is 11.4. The molecule has 1 aromatic rings. The monoisotopic (exact) mass is 348 g/mol. The lowest BCUT2D eigenvalue weighted by Crippen LogP contribution is -2.23. The number of methoxy groups -OCH3 is 1. The molecule has 1 heterocycles. The Labute approximate surface area is 155 Å². The number of hydrogen-bond donors (Lipinski definition) is 0. The van der Waals surface area contributed by atoms with Crippen LogP contribution in [-0.2, 0) is 9.53 Å². The minimum absolute atomic E-state index is 0.0617. The number of nitriles is 1. The third-order valence-corrected chi connectivity index (χ3v) is 3.45. The van der Waals surface area contributed by atoms with E-state index in [2.05, 4.69) is 24.0 Å². The summed E-state index contributed by atoms with van der Waals surface area (Å²) < 4.78 is 4.25. The molecule has 0 N–H and O–H groups in total. The van der Waals surface area contributed by atoms with Gasteiger partial charge in [0.15, 0.2) is 0 Å². The van der Waals surface area contributed by atoms with Crippen LogP contribution in [0.4, 0.5) is 5.69 Å². The molecule has 0 radical (unpaired) electrons. The first-order valence-corrected chi connectivity index (χ1v) is 8.11. The number of carbonyl (C=O) groups excluding carboxylic acids is 1. The van der Waals surface area contributed by atoms with Crippen LogP contribution in [-0.4, -0.2) is 26.7 Å². The molecule has 0 atom stereocenters. The molecule has 1 aliphatic heterocycles. The van der Waals surface area contributed by atoms with E-state index in [0.29, 0.717) is 18.5 Å². The normalized spacial score (nSPS) is 15.6. The third kappa shape index (κ3) is 6.39. The molecule has 1 aromatic carbocycles. The van der Waals surface area contributed by atoms with E-state index in [1.165, 1.54) is 0 Å².